The third kappa shape index (κ3) is 2.65. The van der Waals surface area contributed by atoms with Gasteiger partial charge in [-0.2, -0.15) is 0 Å². The fraction of sp³-hybridized carbons (Fsp3) is 0.538. The number of anilines is 2. The van der Waals surface area contributed by atoms with Crippen LogP contribution in [-0.4, -0.2) is 13.1 Å². The summed E-state index contributed by atoms with van der Waals surface area (Å²) in [6, 6.07) is 8.19. The second kappa shape index (κ2) is 4.56. The number of nitrogen functional groups attached to an aromatic ring is 1. The lowest BCUT2D eigenvalue weighted by Gasteiger charge is -2.25. The fourth-order valence-electron chi connectivity index (χ4n) is 1.97. The van der Waals surface area contributed by atoms with Gasteiger partial charge in [0.1, 0.15) is 0 Å². The summed E-state index contributed by atoms with van der Waals surface area (Å²) in [5, 5.41) is 0. The first-order valence-electron chi connectivity index (χ1n) is 5.90. The van der Waals surface area contributed by atoms with Gasteiger partial charge in [-0.1, -0.05) is 19.1 Å². The van der Waals surface area contributed by atoms with Gasteiger partial charge in [0, 0.05) is 13.1 Å². The lowest BCUT2D eigenvalue weighted by Crippen LogP contribution is -2.27. The van der Waals surface area contributed by atoms with Gasteiger partial charge in [-0.3, -0.25) is 0 Å². The number of nitrogens with zero attached hydrogens (tertiary/aromatic N) is 1. The zero-order chi connectivity index (χ0) is 10.7. The Kier molecular flexibility index (Phi) is 3.14. The summed E-state index contributed by atoms with van der Waals surface area (Å²) in [7, 11) is 0. The van der Waals surface area contributed by atoms with E-state index in [1.165, 1.54) is 31.5 Å². The molecule has 1 aliphatic carbocycles. The molecule has 0 heterocycles. The second-order valence-electron chi connectivity index (χ2n) is 4.45. The van der Waals surface area contributed by atoms with Crippen molar-refractivity contribution in [2.45, 2.75) is 26.2 Å². The number of nitrogens with two attached hydrogens (primary N) is 1. The molecule has 0 unspecified atom stereocenters. The molecule has 15 heavy (non-hydrogen) atoms. The largest absolute Gasteiger partial charge is 0.397 e. The third-order valence-electron chi connectivity index (χ3n) is 2.95. The molecule has 0 saturated heterocycles. The molecule has 1 saturated carbocycles. The summed E-state index contributed by atoms with van der Waals surface area (Å²) in [6.07, 6.45) is 3.97. The number of benzene rings is 1. The zero-order valence-corrected chi connectivity index (χ0v) is 9.45. The minimum Gasteiger partial charge on any atom is -0.397 e. The van der Waals surface area contributed by atoms with Crippen LogP contribution in [0.1, 0.15) is 26.2 Å². The predicted octanol–water partition coefficient (Wildman–Crippen LogP) is 2.90. The SMILES string of the molecule is CCCN(CC1CC1)c1ccccc1N. The minimum atomic E-state index is 0.909. The molecule has 0 aromatic heterocycles. The van der Waals surface area contributed by atoms with E-state index in [1.807, 2.05) is 12.1 Å². The number of hydrogen-bond acceptors (Lipinski definition) is 2. The Morgan fingerprint density at radius 1 is 1.33 bits per heavy atom. The Morgan fingerprint density at radius 3 is 2.67 bits per heavy atom. The van der Waals surface area contributed by atoms with Crippen molar-refractivity contribution in [2.75, 3.05) is 23.7 Å². The Morgan fingerprint density at radius 2 is 2.07 bits per heavy atom. The van der Waals surface area contributed by atoms with Crippen molar-refractivity contribution < 1.29 is 0 Å². The number of para-hydroxylation sites is 2. The van der Waals surface area contributed by atoms with Gasteiger partial charge >= 0.3 is 0 Å². The zero-order valence-electron chi connectivity index (χ0n) is 9.45. The first-order valence-corrected chi connectivity index (χ1v) is 5.90. The maximum absolute atomic E-state index is 6.01. The molecular formula is C13H20N2. The number of rotatable bonds is 5. The summed E-state index contributed by atoms with van der Waals surface area (Å²) in [5.74, 6) is 0.913. The first-order chi connectivity index (χ1) is 7.31. The van der Waals surface area contributed by atoms with Crippen LogP contribution in [-0.2, 0) is 0 Å². The van der Waals surface area contributed by atoms with Crippen molar-refractivity contribution in [3.63, 3.8) is 0 Å². The molecule has 0 aliphatic heterocycles. The molecule has 1 aliphatic rings. The summed E-state index contributed by atoms with van der Waals surface area (Å²) in [6.45, 7) is 4.52. The van der Waals surface area contributed by atoms with Crippen molar-refractivity contribution in [2.24, 2.45) is 5.92 Å². The molecule has 1 aromatic carbocycles. The van der Waals surface area contributed by atoms with Gasteiger partial charge in [0.25, 0.3) is 0 Å². The van der Waals surface area contributed by atoms with Crippen LogP contribution < -0.4 is 10.6 Å². The molecule has 1 fully saturated rings. The van der Waals surface area contributed by atoms with Crippen molar-refractivity contribution >= 4 is 11.4 Å². The van der Waals surface area contributed by atoms with Crippen LogP contribution in [0.5, 0.6) is 0 Å². The molecule has 0 spiro atoms. The van der Waals surface area contributed by atoms with Crippen LogP contribution in [0.2, 0.25) is 0 Å². The number of hydrogen-bond donors (Lipinski definition) is 1. The van der Waals surface area contributed by atoms with E-state index in [0.717, 1.165) is 18.2 Å². The quantitative estimate of drug-likeness (QED) is 0.747. The van der Waals surface area contributed by atoms with Crippen molar-refractivity contribution in [1.82, 2.24) is 0 Å². The van der Waals surface area contributed by atoms with Gasteiger partial charge < -0.3 is 10.6 Å². The van der Waals surface area contributed by atoms with E-state index >= 15 is 0 Å². The topological polar surface area (TPSA) is 29.3 Å². The predicted molar refractivity (Wildman–Crippen MR) is 66.1 cm³/mol. The maximum Gasteiger partial charge on any atom is 0.0600 e. The third-order valence-corrected chi connectivity index (χ3v) is 2.95. The molecule has 0 amide bonds. The van der Waals surface area contributed by atoms with Crippen LogP contribution in [0.3, 0.4) is 0 Å². The normalized spacial score (nSPS) is 15.3. The van der Waals surface area contributed by atoms with E-state index in [0.29, 0.717) is 0 Å². The van der Waals surface area contributed by atoms with Gasteiger partial charge in [-0.15, -0.1) is 0 Å². The first kappa shape index (κ1) is 10.3. The van der Waals surface area contributed by atoms with Crippen LogP contribution in [0, 0.1) is 5.92 Å². The molecule has 0 atom stereocenters. The molecule has 0 bridgehead atoms. The summed E-state index contributed by atoms with van der Waals surface area (Å²) >= 11 is 0. The highest BCUT2D eigenvalue weighted by Crippen LogP contribution is 2.33. The highest BCUT2D eigenvalue weighted by atomic mass is 15.1. The van der Waals surface area contributed by atoms with E-state index in [-0.39, 0.29) is 0 Å². The summed E-state index contributed by atoms with van der Waals surface area (Å²) in [5.41, 5.74) is 8.13. The molecule has 1 aromatic rings. The van der Waals surface area contributed by atoms with E-state index in [4.69, 9.17) is 5.73 Å². The summed E-state index contributed by atoms with van der Waals surface area (Å²) < 4.78 is 0. The van der Waals surface area contributed by atoms with Gasteiger partial charge in [0.05, 0.1) is 11.4 Å². The second-order valence-corrected chi connectivity index (χ2v) is 4.45. The van der Waals surface area contributed by atoms with E-state index in [2.05, 4.69) is 24.0 Å². The molecule has 82 valence electrons. The molecule has 2 nitrogen and oxygen atoms in total. The fourth-order valence-corrected chi connectivity index (χ4v) is 1.97. The molecule has 2 heteroatoms. The van der Waals surface area contributed by atoms with Crippen molar-refractivity contribution in [3.8, 4) is 0 Å². The van der Waals surface area contributed by atoms with Gasteiger partial charge in [0.15, 0.2) is 0 Å². The van der Waals surface area contributed by atoms with Crippen LogP contribution >= 0.6 is 0 Å². The minimum absolute atomic E-state index is 0.909. The molecule has 2 N–H and O–H groups in total. The Bertz CT molecular complexity index is 318. The highest BCUT2D eigenvalue weighted by Gasteiger charge is 2.24. The Balaban J connectivity index is 2.11. The van der Waals surface area contributed by atoms with E-state index < -0.39 is 0 Å². The van der Waals surface area contributed by atoms with Crippen LogP contribution in [0.25, 0.3) is 0 Å². The van der Waals surface area contributed by atoms with Crippen LogP contribution in [0.15, 0.2) is 24.3 Å². The molecule has 0 radical (unpaired) electrons. The molecular weight excluding hydrogens is 184 g/mol. The summed E-state index contributed by atoms with van der Waals surface area (Å²) in [4.78, 5) is 2.44. The lowest BCUT2D eigenvalue weighted by molar-refractivity contribution is 0.709. The average Bonchev–Trinajstić information content (AvgIpc) is 3.02. The van der Waals surface area contributed by atoms with Crippen molar-refractivity contribution in [1.29, 1.82) is 0 Å². The van der Waals surface area contributed by atoms with Gasteiger partial charge in [-0.05, 0) is 37.3 Å². The monoisotopic (exact) mass is 204 g/mol. The van der Waals surface area contributed by atoms with Gasteiger partial charge in [-0.25, -0.2) is 0 Å². The Hall–Kier alpha value is -1.18. The van der Waals surface area contributed by atoms with Crippen molar-refractivity contribution in [3.05, 3.63) is 24.3 Å². The van der Waals surface area contributed by atoms with Crippen LogP contribution in [0.4, 0.5) is 11.4 Å². The molecule has 2 rings (SSSR count). The highest BCUT2D eigenvalue weighted by molar-refractivity contribution is 5.67. The standard InChI is InChI=1S/C13H20N2/c1-2-9-15(10-11-7-8-11)13-6-4-3-5-12(13)14/h3-6,11H,2,7-10,14H2,1H3. The van der Waals surface area contributed by atoms with E-state index in [1.54, 1.807) is 0 Å². The average molecular weight is 204 g/mol. The maximum atomic E-state index is 6.01. The van der Waals surface area contributed by atoms with E-state index in [9.17, 15) is 0 Å². The lowest BCUT2D eigenvalue weighted by atomic mass is 10.2. The van der Waals surface area contributed by atoms with Gasteiger partial charge in [0.2, 0.25) is 0 Å². The smallest absolute Gasteiger partial charge is 0.0600 e. The Labute approximate surface area is 92.1 Å².